The van der Waals surface area contributed by atoms with Gasteiger partial charge in [0.25, 0.3) is 0 Å². The first-order valence-corrected chi connectivity index (χ1v) is 13.6. The molecule has 5 aromatic carbocycles. The van der Waals surface area contributed by atoms with Crippen LogP contribution in [0.5, 0.6) is 0 Å². The second kappa shape index (κ2) is 9.50. The largest absolute Gasteiger partial charge is 0.307 e. The summed E-state index contributed by atoms with van der Waals surface area (Å²) in [6, 6.07) is 43.7. The Kier molecular flexibility index (Phi) is 5.38. The quantitative estimate of drug-likeness (QED) is 0.231. The van der Waals surface area contributed by atoms with E-state index in [0.29, 0.717) is 5.82 Å². The van der Waals surface area contributed by atoms with E-state index in [4.69, 9.17) is 15.0 Å². The molecule has 0 unspecified atom stereocenters. The molecular formula is C36H23N5. The van der Waals surface area contributed by atoms with E-state index in [0.717, 1.165) is 61.2 Å². The molecule has 8 rings (SSSR count). The van der Waals surface area contributed by atoms with Crippen LogP contribution in [0.15, 0.2) is 140 Å². The number of benzene rings is 5. The molecule has 5 heteroatoms. The van der Waals surface area contributed by atoms with E-state index in [9.17, 15) is 0 Å². The maximum atomic E-state index is 5.05. The smallest absolute Gasteiger partial charge is 0.160 e. The summed E-state index contributed by atoms with van der Waals surface area (Å²) in [6.45, 7) is 0. The van der Waals surface area contributed by atoms with E-state index in [1.165, 1.54) is 5.39 Å². The highest BCUT2D eigenvalue weighted by Gasteiger charge is 2.17. The van der Waals surface area contributed by atoms with Gasteiger partial charge in [0.15, 0.2) is 5.82 Å². The van der Waals surface area contributed by atoms with Crippen LogP contribution in [0.4, 0.5) is 0 Å². The van der Waals surface area contributed by atoms with Gasteiger partial charge < -0.3 is 4.57 Å². The lowest BCUT2D eigenvalue weighted by Gasteiger charge is -2.12. The van der Waals surface area contributed by atoms with Crippen molar-refractivity contribution in [1.29, 1.82) is 0 Å². The van der Waals surface area contributed by atoms with Gasteiger partial charge in [0, 0.05) is 45.5 Å². The van der Waals surface area contributed by atoms with Crippen molar-refractivity contribution in [3.05, 3.63) is 140 Å². The van der Waals surface area contributed by atoms with Gasteiger partial charge in [-0.05, 0) is 36.4 Å². The molecule has 0 aliphatic heterocycles. The highest BCUT2D eigenvalue weighted by molar-refractivity contribution is 6.17. The molecule has 0 amide bonds. The molecule has 0 spiro atoms. The zero-order chi connectivity index (χ0) is 27.2. The molecular weight excluding hydrogens is 502 g/mol. The molecule has 0 atom stereocenters. The van der Waals surface area contributed by atoms with E-state index in [1.807, 2.05) is 42.5 Å². The van der Waals surface area contributed by atoms with Crippen LogP contribution in [0, 0.1) is 0 Å². The topological polar surface area (TPSA) is 56.5 Å². The molecule has 3 aromatic heterocycles. The van der Waals surface area contributed by atoms with Gasteiger partial charge in [0.05, 0.1) is 27.9 Å². The minimum absolute atomic E-state index is 0.678. The molecule has 3 heterocycles. The van der Waals surface area contributed by atoms with Crippen LogP contribution in [0.2, 0.25) is 0 Å². The van der Waals surface area contributed by atoms with Crippen LogP contribution in [-0.2, 0) is 0 Å². The van der Waals surface area contributed by atoms with Crippen molar-refractivity contribution in [2.45, 2.75) is 0 Å². The first-order valence-electron chi connectivity index (χ1n) is 13.6. The molecule has 0 fully saturated rings. The Bertz CT molecular complexity index is 2140. The first kappa shape index (κ1) is 23.2. The molecule has 0 aliphatic rings. The van der Waals surface area contributed by atoms with Crippen molar-refractivity contribution in [1.82, 2.24) is 24.5 Å². The molecule has 0 aliphatic carbocycles. The molecule has 41 heavy (non-hydrogen) atoms. The van der Waals surface area contributed by atoms with Crippen LogP contribution in [0.25, 0.3) is 72.4 Å². The molecule has 0 N–H and O–H groups in total. The van der Waals surface area contributed by atoms with Gasteiger partial charge >= 0.3 is 0 Å². The lowest BCUT2D eigenvalue weighted by molar-refractivity contribution is 1.16. The zero-order valence-corrected chi connectivity index (χ0v) is 22.0. The van der Waals surface area contributed by atoms with Gasteiger partial charge in [-0.15, -0.1) is 0 Å². The lowest BCUT2D eigenvalue weighted by atomic mass is 10.1. The summed E-state index contributed by atoms with van der Waals surface area (Å²) in [6.07, 6.45) is 3.50. The van der Waals surface area contributed by atoms with E-state index in [-0.39, 0.29) is 0 Å². The number of fused-ring (bicyclic) bond motifs is 5. The van der Waals surface area contributed by atoms with E-state index >= 15 is 0 Å². The summed E-state index contributed by atoms with van der Waals surface area (Å²) in [7, 11) is 0. The van der Waals surface area contributed by atoms with Crippen LogP contribution in [-0.4, -0.2) is 24.5 Å². The fourth-order valence-electron chi connectivity index (χ4n) is 5.62. The third-order valence-corrected chi connectivity index (χ3v) is 7.50. The molecule has 0 bridgehead atoms. The number of hydrogen-bond acceptors (Lipinski definition) is 4. The predicted octanol–water partition coefficient (Wildman–Crippen LogP) is 8.52. The van der Waals surface area contributed by atoms with Gasteiger partial charge in [-0.1, -0.05) is 91.0 Å². The number of rotatable bonds is 4. The lowest BCUT2D eigenvalue weighted by Crippen LogP contribution is -1.99. The summed E-state index contributed by atoms with van der Waals surface area (Å²) in [5, 5.41) is 2.32. The summed E-state index contributed by atoms with van der Waals surface area (Å²) >= 11 is 0. The van der Waals surface area contributed by atoms with Gasteiger partial charge in [-0.2, -0.15) is 0 Å². The minimum atomic E-state index is 0.678. The Hall–Kier alpha value is -5.68. The standard InChI is InChI=1S/C36H23N5/c1-3-10-24(11-4-1)31-23-32(25-12-5-2-6-13-25)40-36(39-31)26-14-9-15-27(22-26)41-33-17-8-7-16-28(33)29-18-19-30-34(35(29)41)38-21-20-37-30/h1-23H. The number of para-hydroxylation sites is 1. The second-order valence-electron chi connectivity index (χ2n) is 9.98. The third kappa shape index (κ3) is 3.95. The Balaban J connectivity index is 1.37. The van der Waals surface area contributed by atoms with E-state index in [2.05, 4.69) is 94.5 Å². The highest BCUT2D eigenvalue weighted by atomic mass is 15.0. The number of nitrogens with zero attached hydrogens (tertiary/aromatic N) is 5. The normalized spacial score (nSPS) is 11.4. The summed E-state index contributed by atoms with van der Waals surface area (Å²) in [5.74, 6) is 0.678. The fraction of sp³-hybridized carbons (Fsp3) is 0. The summed E-state index contributed by atoms with van der Waals surface area (Å²) < 4.78 is 2.28. The number of aromatic nitrogens is 5. The molecule has 0 saturated heterocycles. The number of hydrogen-bond donors (Lipinski definition) is 0. The van der Waals surface area contributed by atoms with Crippen molar-refractivity contribution >= 4 is 32.8 Å². The van der Waals surface area contributed by atoms with Crippen LogP contribution in [0.1, 0.15) is 0 Å². The first-order chi connectivity index (χ1) is 20.3. The van der Waals surface area contributed by atoms with Gasteiger partial charge in [-0.25, -0.2) is 9.97 Å². The van der Waals surface area contributed by atoms with E-state index in [1.54, 1.807) is 12.4 Å². The summed E-state index contributed by atoms with van der Waals surface area (Å²) in [5.41, 5.74) is 9.73. The zero-order valence-electron chi connectivity index (χ0n) is 22.0. The Morgan fingerprint density at radius 1 is 0.488 bits per heavy atom. The second-order valence-corrected chi connectivity index (χ2v) is 9.98. The minimum Gasteiger partial charge on any atom is -0.307 e. The van der Waals surface area contributed by atoms with Crippen molar-refractivity contribution in [2.75, 3.05) is 0 Å². The maximum absolute atomic E-state index is 5.05. The molecule has 8 aromatic rings. The third-order valence-electron chi connectivity index (χ3n) is 7.50. The highest BCUT2D eigenvalue weighted by Crippen LogP contribution is 2.36. The monoisotopic (exact) mass is 525 g/mol. The Morgan fingerprint density at radius 3 is 1.90 bits per heavy atom. The van der Waals surface area contributed by atoms with Crippen LogP contribution in [0.3, 0.4) is 0 Å². The van der Waals surface area contributed by atoms with E-state index < -0.39 is 0 Å². The van der Waals surface area contributed by atoms with Crippen LogP contribution < -0.4 is 0 Å². The van der Waals surface area contributed by atoms with Gasteiger partial charge in [-0.3, -0.25) is 9.97 Å². The van der Waals surface area contributed by atoms with Crippen molar-refractivity contribution in [2.24, 2.45) is 0 Å². The van der Waals surface area contributed by atoms with Crippen molar-refractivity contribution in [3.63, 3.8) is 0 Å². The van der Waals surface area contributed by atoms with Gasteiger partial charge in [0.1, 0.15) is 5.52 Å². The predicted molar refractivity (Wildman–Crippen MR) is 166 cm³/mol. The molecule has 192 valence electrons. The van der Waals surface area contributed by atoms with Crippen molar-refractivity contribution < 1.29 is 0 Å². The Labute approximate surface area is 236 Å². The Morgan fingerprint density at radius 2 is 1.15 bits per heavy atom. The molecule has 0 saturated carbocycles. The SMILES string of the molecule is c1ccc(-c2cc(-c3ccccc3)nc(-c3cccc(-n4c5ccccc5c5ccc6nccnc6c54)c3)n2)cc1. The van der Waals surface area contributed by atoms with Gasteiger partial charge in [0.2, 0.25) is 0 Å². The maximum Gasteiger partial charge on any atom is 0.160 e. The average molecular weight is 526 g/mol. The fourth-order valence-corrected chi connectivity index (χ4v) is 5.62. The summed E-state index contributed by atoms with van der Waals surface area (Å²) in [4.78, 5) is 19.4. The van der Waals surface area contributed by atoms with Crippen LogP contribution >= 0.6 is 0 Å². The van der Waals surface area contributed by atoms with Crippen molar-refractivity contribution in [3.8, 4) is 39.6 Å². The average Bonchev–Trinajstić information content (AvgIpc) is 3.40. The molecule has 0 radical (unpaired) electrons. The molecule has 5 nitrogen and oxygen atoms in total.